The van der Waals surface area contributed by atoms with E-state index in [-0.39, 0.29) is 11.9 Å². The van der Waals surface area contributed by atoms with Gasteiger partial charge in [0.1, 0.15) is 0 Å². The van der Waals surface area contributed by atoms with Gasteiger partial charge in [0, 0.05) is 26.1 Å². The molecule has 12 heavy (non-hydrogen) atoms. The molecule has 4 heteroatoms. The van der Waals surface area contributed by atoms with Crippen LogP contribution < -0.4 is 10.6 Å². The molecule has 0 heterocycles. The molecule has 0 aromatic carbocycles. The molecule has 0 rings (SSSR count). The summed E-state index contributed by atoms with van der Waals surface area (Å²) in [5.41, 5.74) is 0. The second kappa shape index (κ2) is 6.62. The van der Waals surface area contributed by atoms with Gasteiger partial charge in [0.15, 0.2) is 0 Å². The minimum absolute atomic E-state index is 0.0234. The summed E-state index contributed by atoms with van der Waals surface area (Å²) < 4.78 is 0. The van der Waals surface area contributed by atoms with E-state index in [4.69, 9.17) is 5.26 Å². The predicted octanol–water partition coefficient (Wildman–Crippen LogP) is 0.0143. The Morgan fingerprint density at radius 1 is 1.58 bits per heavy atom. The molecular formula is C8H15N3O. The molecule has 0 aromatic heterocycles. The third-order valence-electron chi connectivity index (χ3n) is 1.39. The highest BCUT2D eigenvalue weighted by Gasteiger charge is 1.98. The van der Waals surface area contributed by atoms with Crippen LogP contribution in [0.2, 0.25) is 0 Å². The number of nitriles is 1. The molecular weight excluding hydrogens is 154 g/mol. The summed E-state index contributed by atoms with van der Waals surface area (Å²) >= 11 is 0. The van der Waals surface area contributed by atoms with Crippen LogP contribution in [0, 0.1) is 11.3 Å². The highest BCUT2D eigenvalue weighted by molar-refractivity contribution is 5.72. The van der Waals surface area contributed by atoms with E-state index < -0.39 is 0 Å². The number of carbonyl (C=O) groups is 1. The van der Waals surface area contributed by atoms with Crippen LogP contribution in [0.25, 0.3) is 0 Å². The highest BCUT2D eigenvalue weighted by atomic mass is 16.1. The Balaban J connectivity index is 3.20. The fraction of sp³-hybridized carbons (Fsp3) is 0.750. The first-order valence-electron chi connectivity index (χ1n) is 4.01. The van der Waals surface area contributed by atoms with E-state index in [1.807, 2.05) is 6.92 Å². The monoisotopic (exact) mass is 169 g/mol. The van der Waals surface area contributed by atoms with Crippen molar-refractivity contribution in [1.29, 1.82) is 5.26 Å². The van der Waals surface area contributed by atoms with E-state index in [1.165, 1.54) is 6.92 Å². The summed E-state index contributed by atoms with van der Waals surface area (Å²) in [6, 6.07) is 2.27. The quantitative estimate of drug-likeness (QED) is 0.570. The molecule has 0 saturated carbocycles. The Hall–Kier alpha value is -1.08. The predicted molar refractivity (Wildman–Crippen MR) is 46.4 cm³/mol. The minimum atomic E-state index is -0.0234. The van der Waals surface area contributed by atoms with Crippen molar-refractivity contribution in [2.75, 3.05) is 13.1 Å². The number of rotatable bonds is 5. The Morgan fingerprint density at radius 3 is 2.75 bits per heavy atom. The number of nitrogens with zero attached hydrogens (tertiary/aromatic N) is 1. The second-order valence-electron chi connectivity index (χ2n) is 2.70. The lowest BCUT2D eigenvalue weighted by molar-refractivity contribution is -0.118. The van der Waals surface area contributed by atoms with Crippen LogP contribution in [0.4, 0.5) is 0 Å². The lowest BCUT2D eigenvalue weighted by Crippen LogP contribution is -2.34. The van der Waals surface area contributed by atoms with Crippen molar-refractivity contribution in [2.24, 2.45) is 0 Å². The van der Waals surface area contributed by atoms with Crippen molar-refractivity contribution in [1.82, 2.24) is 10.6 Å². The molecule has 68 valence electrons. The number of hydrogen-bond donors (Lipinski definition) is 2. The molecule has 0 fully saturated rings. The molecule has 0 aliphatic carbocycles. The van der Waals surface area contributed by atoms with Crippen LogP contribution in [-0.4, -0.2) is 25.0 Å². The van der Waals surface area contributed by atoms with Crippen LogP contribution in [-0.2, 0) is 4.79 Å². The first-order chi connectivity index (χ1) is 5.66. The molecule has 1 amide bonds. The Labute approximate surface area is 72.9 Å². The summed E-state index contributed by atoms with van der Waals surface area (Å²) in [5, 5.41) is 14.1. The van der Waals surface area contributed by atoms with Crippen molar-refractivity contribution in [2.45, 2.75) is 26.3 Å². The lowest BCUT2D eigenvalue weighted by atomic mass is 10.2. The smallest absolute Gasteiger partial charge is 0.216 e. The SMILES string of the molecule is CC(=O)NCCNC(C)CC#N. The topological polar surface area (TPSA) is 64.9 Å². The first-order valence-corrected chi connectivity index (χ1v) is 4.01. The van der Waals surface area contributed by atoms with Gasteiger partial charge in [-0.15, -0.1) is 0 Å². The average molecular weight is 169 g/mol. The second-order valence-corrected chi connectivity index (χ2v) is 2.70. The summed E-state index contributed by atoms with van der Waals surface area (Å²) in [7, 11) is 0. The number of hydrogen-bond acceptors (Lipinski definition) is 3. The van der Waals surface area contributed by atoms with Crippen LogP contribution in [0.15, 0.2) is 0 Å². The standard InChI is InChI=1S/C8H15N3O/c1-7(3-4-9)10-5-6-11-8(2)12/h7,10H,3,5-6H2,1-2H3,(H,11,12). The van der Waals surface area contributed by atoms with Crippen molar-refractivity contribution in [3.05, 3.63) is 0 Å². The molecule has 0 aliphatic heterocycles. The van der Waals surface area contributed by atoms with E-state index in [2.05, 4.69) is 16.7 Å². The van der Waals surface area contributed by atoms with Crippen LogP contribution in [0.1, 0.15) is 20.3 Å². The minimum Gasteiger partial charge on any atom is -0.355 e. The van der Waals surface area contributed by atoms with Crippen LogP contribution in [0.5, 0.6) is 0 Å². The highest BCUT2D eigenvalue weighted by Crippen LogP contribution is 1.85. The molecule has 0 aromatic rings. The third kappa shape index (κ3) is 7.03. The number of amides is 1. The zero-order valence-electron chi connectivity index (χ0n) is 7.55. The molecule has 1 unspecified atom stereocenters. The van der Waals surface area contributed by atoms with Gasteiger partial charge in [0.2, 0.25) is 5.91 Å². The van der Waals surface area contributed by atoms with E-state index in [0.29, 0.717) is 19.5 Å². The van der Waals surface area contributed by atoms with Crippen molar-refractivity contribution < 1.29 is 4.79 Å². The lowest BCUT2D eigenvalue weighted by Gasteiger charge is -2.09. The summed E-state index contributed by atoms with van der Waals surface area (Å²) in [5.74, 6) is -0.0234. The zero-order chi connectivity index (χ0) is 9.40. The van der Waals surface area contributed by atoms with E-state index in [1.54, 1.807) is 0 Å². The van der Waals surface area contributed by atoms with Gasteiger partial charge in [-0.25, -0.2) is 0 Å². The van der Waals surface area contributed by atoms with Gasteiger partial charge >= 0.3 is 0 Å². The molecule has 0 spiro atoms. The maximum Gasteiger partial charge on any atom is 0.216 e. The van der Waals surface area contributed by atoms with Gasteiger partial charge in [0.25, 0.3) is 0 Å². The van der Waals surface area contributed by atoms with Gasteiger partial charge < -0.3 is 10.6 Å². The zero-order valence-corrected chi connectivity index (χ0v) is 7.55. The van der Waals surface area contributed by atoms with Gasteiger partial charge in [-0.3, -0.25) is 4.79 Å². The van der Waals surface area contributed by atoms with E-state index in [0.717, 1.165) is 0 Å². The summed E-state index contributed by atoms with van der Waals surface area (Å²) in [4.78, 5) is 10.4. The maximum atomic E-state index is 10.4. The molecule has 0 bridgehead atoms. The van der Waals surface area contributed by atoms with Gasteiger partial charge in [-0.2, -0.15) is 5.26 Å². The van der Waals surface area contributed by atoms with Crippen LogP contribution >= 0.6 is 0 Å². The molecule has 1 atom stereocenters. The number of nitrogens with one attached hydrogen (secondary N) is 2. The molecule has 0 saturated heterocycles. The van der Waals surface area contributed by atoms with E-state index >= 15 is 0 Å². The Kier molecular flexibility index (Phi) is 6.02. The van der Waals surface area contributed by atoms with E-state index in [9.17, 15) is 4.79 Å². The molecule has 4 nitrogen and oxygen atoms in total. The molecule has 0 aliphatic rings. The maximum absolute atomic E-state index is 10.4. The van der Waals surface area contributed by atoms with Crippen LogP contribution in [0.3, 0.4) is 0 Å². The fourth-order valence-corrected chi connectivity index (χ4v) is 0.766. The summed E-state index contributed by atoms with van der Waals surface area (Å²) in [6.45, 7) is 4.75. The Bertz CT molecular complexity index is 174. The first kappa shape index (κ1) is 10.9. The normalized spacial score (nSPS) is 11.8. The van der Waals surface area contributed by atoms with Gasteiger partial charge in [-0.05, 0) is 6.92 Å². The largest absolute Gasteiger partial charge is 0.355 e. The van der Waals surface area contributed by atoms with Gasteiger partial charge in [0.05, 0.1) is 12.5 Å². The van der Waals surface area contributed by atoms with Gasteiger partial charge in [-0.1, -0.05) is 0 Å². The Morgan fingerprint density at radius 2 is 2.25 bits per heavy atom. The number of carbonyl (C=O) groups excluding carboxylic acids is 1. The van der Waals surface area contributed by atoms with Crippen molar-refractivity contribution >= 4 is 5.91 Å². The average Bonchev–Trinajstić information content (AvgIpc) is 1.98. The molecule has 2 N–H and O–H groups in total. The third-order valence-corrected chi connectivity index (χ3v) is 1.39. The van der Waals surface area contributed by atoms with Crippen molar-refractivity contribution in [3.8, 4) is 6.07 Å². The summed E-state index contributed by atoms with van der Waals surface area (Å²) in [6.07, 6.45) is 0.500. The molecule has 0 radical (unpaired) electrons. The van der Waals surface area contributed by atoms with Crippen molar-refractivity contribution in [3.63, 3.8) is 0 Å². The fourth-order valence-electron chi connectivity index (χ4n) is 0.766.